The van der Waals surface area contributed by atoms with Gasteiger partial charge in [0.05, 0.1) is 14.2 Å². The lowest BCUT2D eigenvalue weighted by Crippen LogP contribution is -2.10. The maximum atomic E-state index is 12.8. The molecule has 0 heterocycles. The van der Waals surface area contributed by atoms with Gasteiger partial charge in [0.15, 0.2) is 5.78 Å². The number of carbonyl (C=O) groups is 1. The molecule has 0 amide bonds. The monoisotopic (exact) mass is 313 g/mol. The van der Waals surface area contributed by atoms with Crippen molar-refractivity contribution >= 4 is 11.4 Å². The molecule has 0 aliphatic heterocycles. The Labute approximate surface area is 135 Å². The maximum Gasteiger partial charge on any atom is 0.195 e. The van der Waals surface area contributed by atoms with Crippen LogP contribution in [0.4, 0.5) is 0 Å². The van der Waals surface area contributed by atoms with E-state index in [2.05, 4.69) is 0 Å². The Kier molecular flexibility index (Phi) is 5.38. The van der Waals surface area contributed by atoms with E-state index in [0.29, 0.717) is 28.2 Å². The van der Waals surface area contributed by atoms with E-state index in [9.17, 15) is 10.0 Å². The van der Waals surface area contributed by atoms with Gasteiger partial charge in [-0.1, -0.05) is 12.1 Å². The molecule has 0 fully saturated rings. The molecule has 2 aromatic rings. The van der Waals surface area contributed by atoms with E-state index in [-0.39, 0.29) is 5.78 Å². The first kappa shape index (κ1) is 16.6. The van der Waals surface area contributed by atoms with Gasteiger partial charge in [0.25, 0.3) is 0 Å². The Morgan fingerprint density at radius 3 is 1.74 bits per heavy atom. The lowest BCUT2D eigenvalue weighted by Gasteiger charge is -2.12. The molecule has 120 valence electrons. The molecular formula is C18H19NO4. The molecule has 0 radical (unpaired) electrons. The lowest BCUT2D eigenvalue weighted by molar-refractivity contribution is -0.0123. The van der Waals surface area contributed by atoms with E-state index in [1.54, 1.807) is 62.8 Å². The van der Waals surface area contributed by atoms with Gasteiger partial charge < -0.3 is 9.47 Å². The van der Waals surface area contributed by atoms with Crippen molar-refractivity contribution < 1.29 is 19.5 Å². The van der Waals surface area contributed by atoms with Gasteiger partial charge in [-0.05, 0) is 42.0 Å². The number of ether oxygens (including phenoxy) is 2. The third-order valence-electron chi connectivity index (χ3n) is 3.31. The number of carbonyl (C=O) groups excluding carboxylic acids is 1. The molecule has 0 aliphatic rings. The van der Waals surface area contributed by atoms with E-state index < -0.39 is 0 Å². The molecule has 0 saturated carbocycles. The molecule has 0 spiro atoms. The highest BCUT2D eigenvalue weighted by Gasteiger charge is 2.15. The number of Topliss-reactive ketones (excluding diaryl/α,β-unsaturated/α-hetero) is 1. The summed E-state index contributed by atoms with van der Waals surface area (Å²) in [7, 11) is 4.60. The summed E-state index contributed by atoms with van der Waals surface area (Å²) in [4.78, 5) is 12.8. The van der Waals surface area contributed by atoms with Crippen LogP contribution in [-0.4, -0.2) is 37.3 Å². The van der Waals surface area contributed by atoms with Crippen LogP contribution in [0.15, 0.2) is 54.7 Å². The Morgan fingerprint density at radius 1 is 0.913 bits per heavy atom. The van der Waals surface area contributed by atoms with Gasteiger partial charge in [0.1, 0.15) is 11.5 Å². The molecule has 0 aliphatic carbocycles. The van der Waals surface area contributed by atoms with Gasteiger partial charge in [0.2, 0.25) is 0 Å². The Morgan fingerprint density at radius 2 is 1.35 bits per heavy atom. The molecule has 0 atom stereocenters. The molecule has 0 aromatic heterocycles. The Hall–Kier alpha value is -2.79. The van der Waals surface area contributed by atoms with Crippen molar-refractivity contribution in [3.8, 4) is 11.5 Å². The summed E-state index contributed by atoms with van der Waals surface area (Å²) in [5.74, 6) is 1.18. The average molecular weight is 313 g/mol. The van der Waals surface area contributed by atoms with E-state index in [4.69, 9.17) is 9.47 Å². The molecule has 0 bridgehead atoms. The minimum absolute atomic E-state index is 0.196. The number of hydrogen-bond donors (Lipinski definition) is 1. The second kappa shape index (κ2) is 7.47. The van der Waals surface area contributed by atoms with Crippen LogP contribution in [0.25, 0.3) is 5.57 Å². The number of rotatable bonds is 6. The summed E-state index contributed by atoms with van der Waals surface area (Å²) in [6.45, 7) is 0. The first-order valence-corrected chi connectivity index (χ1v) is 7.02. The van der Waals surface area contributed by atoms with Crippen LogP contribution in [-0.2, 0) is 0 Å². The molecule has 23 heavy (non-hydrogen) atoms. The molecule has 0 unspecified atom stereocenters. The van der Waals surface area contributed by atoms with Gasteiger partial charge in [-0.3, -0.25) is 15.1 Å². The molecule has 5 nitrogen and oxygen atoms in total. The zero-order valence-corrected chi connectivity index (χ0v) is 13.3. The van der Waals surface area contributed by atoms with Gasteiger partial charge >= 0.3 is 0 Å². The van der Waals surface area contributed by atoms with Crippen molar-refractivity contribution in [3.05, 3.63) is 65.9 Å². The van der Waals surface area contributed by atoms with Gasteiger partial charge in [-0.15, -0.1) is 0 Å². The number of ketones is 1. The van der Waals surface area contributed by atoms with Crippen LogP contribution in [0.3, 0.4) is 0 Å². The summed E-state index contributed by atoms with van der Waals surface area (Å²) < 4.78 is 10.2. The summed E-state index contributed by atoms with van der Waals surface area (Å²) in [5.41, 5.74) is 1.57. The summed E-state index contributed by atoms with van der Waals surface area (Å²) in [6, 6.07) is 13.9. The highest BCUT2D eigenvalue weighted by Crippen LogP contribution is 2.24. The lowest BCUT2D eigenvalue weighted by atomic mass is 9.97. The highest BCUT2D eigenvalue weighted by molar-refractivity contribution is 6.28. The molecule has 1 N–H and O–H groups in total. The van der Waals surface area contributed by atoms with E-state index in [1.165, 1.54) is 13.2 Å². The van der Waals surface area contributed by atoms with Crippen molar-refractivity contribution in [1.29, 1.82) is 0 Å². The van der Waals surface area contributed by atoms with Crippen molar-refractivity contribution in [2.75, 3.05) is 21.3 Å². The first-order chi connectivity index (χ1) is 11.0. The standard InChI is InChI=1S/C18H19NO4/c1-19(21)12-17(13-4-8-15(22-2)9-5-13)18(20)14-6-10-16(23-3)11-7-14/h4-12,21H,1-3H3/b17-12-. The van der Waals surface area contributed by atoms with Crippen LogP contribution in [0, 0.1) is 0 Å². The predicted molar refractivity (Wildman–Crippen MR) is 87.8 cm³/mol. The minimum Gasteiger partial charge on any atom is -0.497 e. The Balaban J connectivity index is 2.38. The molecule has 0 saturated heterocycles. The van der Waals surface area contributed by atoms with Crippen LogP contribution < -0.4 is 9.47 Å². The van der Waals surface area contributed by atoms with Crippen molar-refractivity contribution in [3.63, 3.8) is 0 Å². The number of hydroxylamine groups is 2. The smallest absolute Gasteiger partial charge is 0.195 e. The summed E-state index contributed by atoms with van der Waals surface area (Å²) in [6.07, 6.45) is 1.38. The molecule has 2 rings (SSSR count). The van der Waals surface area contributed by atoms with Crippen LogP contribution in [0.5, 0.6) is 11.5 Å². The van der Waals surface area contributed by atoms with E-state index in [0.717, 1.165) is 5.06 Å². The summed E-state index contributed by atoms with van der Waals surface area (Å²) >= 11 is 0. The van der Waals surface area contributed by atoms with Gasteiger partial charge in [-0.25, -0.2) is 0 Å². The highest BCUT2D eigenvalue weighted by atomic mass is 16.5. The van der Waals surface area contributed by atoms with Gasteiger partial charge in [-0.2, -0.15) is 0 Å². The zero-order chi connectivity index (χ0) is 16.8. The predicted octanol–water partition coefficient (Wildman–Crippen LogP) is 3.25. The normalized spacial score (nSPS) is 11.0. The third-order valence-corrected chi connectivity index (χ3v) is 3.31. The topological polar surface area (TPSA) is 59.0 Å². The first-order valence-electron chi connectivity index (χ1n) is 7.02. The van der Waals surface area contributed by atoms with Crippen molar-refractivity contribution in [2.24, 2.45) is 0 Å². The minimum atomic E-state index is -0.196. The van der Waals surface area contributed by atoms with Crippen LogP contribution in [0.2, 0.25) is 0 Å². The summed E-state index contributed by atoms with van der Waals surface area (Å²) in [5, 5.41) is 10.4. The number of allylic oxidation sites excluding steroid dienone is 1. The maximum absolute atomic E-state index is 12.8. The number of methoxy groups -OCH3 is 2. The molecular weight excluding hydrogens is 294 g/mol. The van der Waals surface area contributed by atoms with Crippen molar-refractivity contribution in [2.45, 2.75) is 0 Å². The molecule has 5 heteroatoms. The molecule has 2 aromatic carbocycles. The van der Waals surface area contributed by atoms with Gasteiger partial charge in [0, 0.05) is 24.4 Å². The fraction of sp³-hybridized carbons (Fsp3) is 0.167. The second-order valence-electron chi connectivity index (χ2n) is 4.90. The van der Waals surface area contributed by atoms with Crippen LogP contribution >= 0.6 is 0 Å². The zero-order valence-electron chi connectivity index (χ0n) is 13.3. The fourth-order valence-electron chi connectivity index (χ4n) is 2.12. The average Bonchev–Trinajstić information content (AvgIpc) is 2.59. The fourth-order valence-corrected chi connectivity index (χ4v) is 2.12. The van der Waals surface area contributed by atoms with E-state index >= 15 is 0 Å². The second-order valence-corrected chi connectivity index (χ2v) is 4.90. The Bertz CT molecular complexity index is 688. The quantitative estimate of drug-likeness (QED) is 0.504. The number of nitrogens with zero attached hydrogens (tertiary/aromatic N) is 1. The largest absolute Gasteiger partial charge is 0.497 e. The van der Waals surface area contributed by atoms with Crippen LogP contribution in [0.1, 0.15) is 15.9 Å². The SMILES string of the molecule is COc1ccc(C(=O)/C(=C\N(C)O)c2ccc(OC)cc2)cc1. The number of hydrogen-bond acceptors (Lipinski definition) is 5. The van der Waals surface area contributed by atoms with Crippen molar-refractivity contribution in [1.82, 2.24) is 5.06 Å². The third kappa shape index (κ3) is 4.11. The van der Waals surface area contributed by atoms with E-state index in [1.807, 2.05) is 0 Å². The number of benzene rings is 2.